The molecule has 2 heterocycles. The minimum Gasteiger partial charge on any atom is -0.349 e. The second-order valence-corrected chi connectivity index (χ2v) is 7.47. The van der Waals surface area contributed by atoms with Gasteiger partial charge in [0.25, 0.3) is 0 Å². The maximum atomic E-state index is 13.1. The van der Waals surface area contributed by atoms with Crippen LogP contribution < -0.4 is 10.6 Å². The van der Waals surface area contributed by atoms with E-state index in [4.69, 9.17) is 0 Å². The van der Waals surface area contributed by atoms with Crippen LogP contribution in [0.3, 0.4) is 0 Å². The van der Waals surface area contributed by atoms with Crippen LogP contribution in [-0.2, 0) is 4.79 Å². The van der Waals surface area contributed by atoms with Gasteiger partial charge in [0.2, 0.25) is 5.91 Å². The molecule has 2 fully saturated rings. The van der Waals surface area contributed by atoms with Crippen LogP contribution in [0.1, 0.15) is 44.2 Å². The van der Waals surface area contributed by atoms with Gasteiger partial charge >= 0.3 is 0 Å². The predicted molar refractivity (Wildman–Crippen MR) is 97.4 cm³/mol. The van der Waals surface area contributed by atoms with Gasteiger partial charge < -0.3 is 10.6 Å². The highest BCUT2D eigenvalue weighted by atomic mass is 16.2. The van der Waals surface area contributed by atoms with Crippen LogP contribution in [-0.4, -0.2) is 28.8 Å². The molecule has 2 aliphatic rings. The largest absolute Gasteiger partial charge is 0.349 e. The number of aromatic nitrogens is 2. The SMILES string of the molecule is CC(NC(=O)[C@@]12CCCC[C@H]1CNC2)c1ccc(-n2cccn2)cc1. The Kier molecular flexibility index (Phi) is 4.34. The van der Waals surface area contributed by atoms with Gasteiger partial charge in [-0.2, -0.15) is 5.10 Å². The van der Waals surface area contributed by atoms with Crippen molar-refractivity contribution in [2.75, 3.05) is 13.1 Å². The monoisotopic (exact) mass is 338 g/mol. The fourth-order valence-electron chi connectivity index (χ4n) is 4.45. The van der Waals surface area contributed by atoms with E-state index in [-0.39, 0.29) is 17.4 Å². The third kappa shape index (κ3) is 2.97. The minimum absolute atomic E-state index is 0.0109. The lowest BCUT2D eigenvalue weighted by molar-refractivity contribution is -0.134. The third-order valence-corrected chi connectivity index (χ3v) is 6.00. The zero-order valence-corrected chi connectivity index (χ0v) is 14.7. The molecule has 0 spiro atoms. The van der Waals surface area contributed by atoms with Crippen molar-refractivity contribution < 1.29 is 4.79 Å². The fourth-order valence-corrected chi connectivity index (χ4v) is 4.45. The number of hydrogen-bond donors (Lipinski definition) is 2. The Hall–Kier alpha value is -2.14. The number of nitrogens with zero attached hydrogens (tertiary/aromatic N) is 2. The lowest BCUT2D eigenvalue weighted by atomic mass is 9.67. The average molecular weight is 338 g/mol. The molecule has 1 saturated carbocycles. The molecule has 2 N–H and O–H groups in total. The van der Waals surface area contributed by atoms with Gasteiger partial charge in [-0.3, -0.25) is 4.79 Å². The lowest BCUT2D eigenvalue weighted by Crippen LogP contribution is -2.48. The fraction of sp³-hybridized carbons (Fsp3) is 0.500. The summed E-state index contributed by atoms with van der Waals surface area (Å²) < 4.78 is 1.84. The molecule has 5 heteroatoms. The molecule has 2 aromatic rings. The van der Waals surface area contributed by atoms with E-state index in [1.54, 1.807) is 6.20 Å². The Labute approximate surface area is 148 Å². The van der Waals surface area contributed by atoms with Gasteiger partial charge in [-0.05, 0) is 56.0 Å². The topological polar surface area (TPSA) is 59.0 Å². The highest BCUT2D eigenvalue weighted by Gasteiger charge is 2.49. The van der Waals surface area contributed by atoms with Crippen molar-refractivity contribution >= 4 is 5.91 Å². The molecule has 4 rings (SSSR count). The van der Waals surface area contributed by atoms with Gasteiger partial charge in [0.05, 0.1) is 17.1 Å². The summed E-state index contributed by atoms with van der Waals surface area (Å²) in [5, 5.41) is 11.0. The number of rotatable bonds is 4. The molecule has 5 nitrogen and oxygen atoms in total. The first-order valence-corrected chi connectivity index (χ1v) is 9.31. The number of fused-ring (bicyclic) bond motifs is 1. The van der Waals surface area contributed by atoms with Crippen molar-refractivity contribution in [1.29, 1.82) is 0 Å². The molecule has 1 unspecified atom stereocenters. The van der Waals surface area contributed by atoms with Crippen LogP contribution in [0.4, 0.5) is 0 Å². The predicted octanol–water partition coefficient (Wildman–Crippen LogP) is 2.83. The van der Waals surface area contributed by atoms with E-state index in [0.717, 1.165) is 30.8 Å². The Morgan fingerprint density at radius 2 is 2.20 bits per heavy atom. The first-order valence-electron chi connectivity index (χ1n) is 9.31. The molecule has 3 atom stereocenters. The van der Waals surface area contributed by atoms with E-state index in [1.807, 2.05) is 29.1 Å². The highest BCUT2D eigenvalue weighted by Crippen LogP contribution is 2.44. The molecular formula is C20H26N4O. The van der Waals surface area contributed by atoms with Gasteiger partial charge in [-0.15, -0.1) is 0 Å². The lowest BCUT2D eigenvalue weighted by Gasteiger charge is -2.38. The summed E-state index contributed by atoms with van der Waals surface area (Å²) in [4.78, 5) is 13.1. The van der Waals surface area contributed by atoms with Gasteiger partial charge in [-0.1, -0.05) is 25.0 Å². The van der Waals surface area contributed by atoms with Crippen molar-refractivity contribution in [3.63, 3.8) is 0 Å². The molecular weight excluding hydrogens is 312 g/mol. The third-order valence-electron chi connectivity index (χ3n) is 6.00. The van der Waals surface area contributed by atoms with Crippen LogP contribution in [0.5, 0.6) is 0 Å². The summed E-state index contributed by atoms with van der Waals surface area (Å²) >= 11 is 0. The summed E-state index contributed by atoms with van der Waals surface area (Å²) in [5.74, 6) is 0.724. The molecule has 1 aliphatic carbocycles. The summed E-state index contributed by atoms with van der Waals surface area (Å²) in [5.41, 5.74) is 1.96. The zero-order chi connectivity index (χ0) is 17.3. The molecule has 1 amide bonds. The Balaban J connectivity index is 1.46. The summed E-state index contributed by atoms with van der Waals surface area (Å²) in [6, 6.07) is 10.2. The quantitative estimate of drug-likeness (QED) is 0.901. The van der Waals surface area contributed by atoms with E-state index in [1.165, 1.54) is 19.3 Å². The highest BCUT2D eigenvalue weighted by molar-refractivity contribution is 5.84. The zero-order valence-electron chi connectivity index (χ0n) is 14.7. The summed E-state index contributed by atoms with van der Waals surface area (Å²) in [7, 11) is 0. The van der Waals surface area contributed by atoms with Gasteiger partial charge in [0, 0.05) is 18.9 Å². The second kappa shape index (κ2) is 6.64. The van der Waals surface area contributed by atoms with E-state index in [2.05, 4.69) is 34.8 Å². The Bertz CT molecular complexity index is 725. The average Bonchev–Trinajstić information content (AvgIpc) is 3.32. The van der Waals surface area contributed by atoms with E-state index >= 15 is 0 Å². The van der Waals surface area contributed by atoms with Gasteiger partial charge in [0.1, 0.15) is 0 Å². The molecule has 1 aliphatic heterocycles. The number of hydrogen-bond acceptors (Lipinski definition) is 3. The molecule has 1 aromatic carbocycles. The maximum Gasteiger partial charge on any atom is 0.228 e. The van der Waals surface area contributed by atoms with Crippen LogP contribution in [0, 0.1) is 11.3 Å². The minimum atomic E-state index is -0.193. The van der Waals surface area contributed by atoms with Crippen LogP contribution in [0.15, 0.2) is 42.7 Å². The van der Waals surface area contributed by atoms with Crippen molar-refractivity contribution in [3.8, 4) is 5.69 Å². The number of carbonyl (C=O) groups is 1. The Morgan fingerprint density at radius 1 is 1.36 bits per heavy atom. The first kappa shape index (κ1) is 16.3. The molecule has 132 valence electrons. The molecule has 25 heavy (non-hydrogen) atoms. The smallest absolute Gasteiger partial charge is 0.228 e. The van der Waals surface area contributed by atoms with Crippen LogP contribution in [0.25, 0.3) is 5.69 Å². The van der Waals surface area contributed by atoms with Crippen LogP contribution in [0.2, 0.25) is 0 Å². The van der Waals surface area contributed by atoms with Crippen molar-refractivity contribution in [2.24, 2.45) is 11.3 Å². The van der Waals surface area contributed by atoms with Crippen LogP contribution >= 0.6 is 0 Å². The standard InChI is InChI=1S/C20H26N4O/c1-15(16-6-8-18(9-7-16)24-12-4-11-22-24)23-19(25)20-10-3-2-5-17(20)13-21-14-20/h4,6-9,11-12,15,17,21H,2-3,5,10,13-14H2,1H3,(H,23,25)/t15?,17-,20+/m0/s1. The van der Waals surface area contributed by atoms with E-state index < -0.39 is 0 Å². The summed E-state index contributed by atoms with van der Waals surface area (Å²) in [6.45, 7) is 3.88. The number of carbonyl (C=O) groups excluding carboxylic acids is 1. The maximum absolute atomic E-state index is 13.1. The normalized spacial score (nSPS) is 26.8. The summed E-state index contributed by atoms with van der Waals surface area (Å²) in [6.07, 6.45) is 8.31. The molecule has 0 bridgehead atoms. The molecule has 0 radical (unpaired) electrons. The van der Waals surface area contributed by atoms with E-state index in [9.17, 15) is 4.79 Å². The van der Waals surface area contributed by atoms with Crippen molar-refractivity contribution in [1.82, 2.24) is 20.4 Å². The molecule has 1 aromatic heterocycles. The van der Waals surface area contributed by atoms with Crippen molar-refractivity contribution in [3.05, 3.63) is 48.3 Å². The molecule has 1 saturated heterocycles. The number of nitrogens with one attached hydrogen (secondary N) is 2. The Morgan fingerprint density at radius 3 is 2.96 bits per heavy atom. The first-order chi connectivity index (χ1) is 12.2. The number of amides is 1. The van der Waals surface area contributed by atoms with E-state index in [0.29, 0.717) is 5.92 Å². The van der Waals surface area contributed by atoms with Crippen molar-refractivity contribution in [2.45, 2.75) is 38.6 Å². The second-order valence-electron chi connectivity index (χ2n) is 7.47. The number of benzene rings is 1. The van der Waals surface area contributed by atoms with Gasteiger partial charge in [0.15, 0.2) is 0 Å². The van der Waals surface area contributed by atoms with Gasteiger partial charge in [-0.25, -0.2) is 4.68 Å².